The highest BCUT2D eigenvalue weighted by Gasteiger charge is 2.45. The van der Waals surface area contributed by atoms with Crippen molar-refractivity contribution in [3.05, 3.63) is 253 Å². The summed E-state index contributed by atoms with van der Waals surface area (Å²) in [6.07, 6.45) is 0. The zero-order chi connectivity index (χ0) is 41.0. The highest BCUT2D eigenvalue weighted by atomic mass is 16.3. The van der Waals surface area contributed by atoms with Crippen LogP contribution in [0.1, 0.15) is 22.3 Å². The van der Waals surface area contributed by atoms with Gasteiger partial charge in [-0.15, -0.1) is 0 Å². The molecule has 0 spiro atoms. The van der Waals surface area contributed by atoms with Crippen molar-refractivity contribution >= 4 is 21.9 Å². The fourth-order valence-corrected chi connectivity index (χ4v) is 9.76. The van der Waals surface area contributed by atoms with Crippen molar-refractivity contribution in [1.29, 1.82) is 0 Å². The molecule has 290 valence electrons. The summed E-state index contributed by atoms with van der Waals surface area (Å²) in [5.74, 6) is 0.688. The largest absolute Gasteiger partial charge is 0.456 e. The maximum absolute atomic E-state index is 6.11. The second-order valence-electron chi connectivity index (χ2n) is 16.0. The molecule has 2 aromatic heterocycles. The Morgan fingerprint density at radius 1 is 0.306 bits per heavy atom. The first-order chi connectivity index (χ1) is 30.7. The monoisotopic (exact) mass is 790 g/mol. The molecular formula is C59H38N2O. The number of furan rings is 1. The first-order valence-corrected chi connectivity index (χ1v) is 21.1. The number of para-hydroxylation sites is 1. The highest BCUT2D eigenvalue weighted by Crippen LogP contribution is 2.56. The quantitative estimate of drug-likeness (QED) is 0.161. The fourth-order valence-electron chi connectivity index (χ4n) is 9.76. The molecule has 0 atom stereocenters. The van der Waals surface area contributed by atoms with E-state index in [-0.39, 0.29) is 0 Å². The van der Waals surface area contributed by atoms with E-state index in [1.807, 2.05) is 30.3 Å². The van der Waals surface area contributed by atoms with Gasteiger partial charge in [0.25, 0.3) is 0 Å². The van der Waals surface area contributed by atoms with Gasteiger partial charge < -0.3 is 4.42 Å². The molecule has 12 rings (SSSR count). The summed E-state index contributed by atoms with van der Waals surface area (Å²) < 4.78 is 6.11. The van der Waals surface area contributed by atoms with Crippen LogP contribution in [-0.4, -0.2) is 9.97 Å². The van der Waals surface area contributed by atoms with E-state index in [4.69, 9.17) is 14.4 Å². The van der Waals surface area contributed by atoms with Gasteiger partial charge in [-0.3, -0.25) is 0 Å². The number of fused-ring (bicyclic) bond motifs is 6. The minimum atomic E-state index is -0.450. The van der Waals surface area contributed by atoms with Gasteiger partial charge in [0.2, 0.25) is 0 Å². The van der Waals surface area contributed by atoms with Gasteiger partial charge in [-0.2, -0.15) is 0 Å². The van der Waals surface area contributed by atoms with E-state index >= 15 is 0 Å². The molecular weight excluding hydrogens is 753 g/mol. The van der Waals surface area contributed by atoms with Crippen molar-refractivity contribution in [2.24, 2.45) is 0 Å². The molecule has 0 aliphatic heterocycles. The molecule has 0 bridgehead atoms. The van der Waals surface area contributed by atoms with E-state index in [9.17, 15) is 0 Å². The molecule has 1 aliphatic rings. The standard InChI is InChI=1S/C59H38N2O/c1-3-15-42(16-4-1)58-60-54(41-29-27-39(28-30-41)43-33-36-57-51(37-43)50-23-11-14-26-56(50)62-57)38-55(61-58)49-22-8-7-19-46(49)40-31-34-45(35-32-40)59(44-17-5-2-6-18-44)52-24-12-9-20-47(52)48-21-10-13-25-53(48)59/h1-38H. The van der Waals surface area contributed by atoms with E-state index in [0.29, 0.717) is 5.82 Å². The molecule has 0 radical (unpaired) electrons. The second kappa shape index (κ2) is 14.5. The van der Waals surface area contributed by atoms with Gasteiger partial charge in [-0.1, -0.05) is 206 Å². The van der Waals surface area contributed by atoms with Crippen molar-refractivity contribution in [3.8, 4) is 67.3 Å². The molecule has 3 nitrogen and oxygen atoms in total. The summed E-state index contributed by atoms with van der Waals surface area (Å²) >= 11 is 0. The van der Waals surface area contributed by atoms with E-state index in [1.165, 1.54) is 33.4 Å². The summed E-state index contributed by atoms with van der Waals surface area (Å²) in [5.41, 5.74) is 18.3. The Labute approximate surface area is 360 Å². The van der Waals surface area contributed by atoms with Gasteiger partial charge in [0.1, 0.15) is 11.2 Å². The Balaban J connectivity index is 0.952. The summed E-state index contributed by atoms with van der Waals surface area (Å²) in [7, 11) is 0. The third-order valence-corrected chi connectivity index (χ3v) is 12.6. The number of nitrogens with zero attached hydrogens (tertiary/aromatic N) is 2. The molecule has 0 saturated carbocycles. The van der Waals surface area contributed by atoms with Crippen molar-refractivity contribution in [1.82, 2.24) is 9.97 Å². The molecule has 0 N–H and O–H groups in total. The molecule has 11 aromatic rings. The number of aromatic nitrogens is 2. The van der Waals surface area contributed by atoms with Gasteiger partial charge in [0, 0.05) is 27.5 Å². The van der Waals surface area contributed by atoms with Crippen LogP contribution < -0.4 is 0 Å². The van der Waals surface area contributed by atoms with Crippen LogP contribution in [0.15, 0.2) is 235 Å². The zero-order valence-electron chi connectivity index (χ0n) is 33.7. The molecule has 62 heavy (non-hydrogen) atoms. The Morgan fingerprint density at radius 3 is 1.55 bits per heavy atom. The molecule has 1 aliphatic carbocycles. The minimum Gasteiger partial charge on any atom is -0.456 e. The van der Waals surface area contributed by atoms with Crippen molar-refractivity contribution in [2.75, 3.05) is 0 Å². The predicted octanol–water partition coefficient (Wildman–Crippen LogP) is 15.1. The Bertz CT molecular complexity index is 3400. The topological polar surface area (TPSA) is 38.9 Å². The SMILES string of the molecule is c1ccc(-c2nc(-c3ccc(-c4ccc5oc6ccccc6c5c4)cc3)cc(-c3ccccc3-c3ccc(C4(c5ccccc5)c5ccccc5-c5ccccc54)cc3)n2)cc1. The van der Waals surface area contributed by atoms with Crippen LogP contribution in [0.2, 0.25) is 0 Å². The van der Waals surface area contributed by atoms with Gasteiger partial charge in [-0.05, 0) is 79.9 Å². The fraction of sp³-hybridized carbons (Fsp3) is 0.0169. The first kappa shape index (κ1) is 35.8. The van der Waals surface area contributed by atoms with E-state index in [1.54, 1.807) is 0 Å². The van der Waals surface area contributed by atoms with Crippen molar-refractivity contribution < 1.29 is 4.42 Å². The van der Waals surface area contributed by atoms with E-state index < -0.39 is 5.41 Å². The van der Waals surface area contributed by atoms with Crippen LogP contribution >= 0.6 is 0 Å². The minimum absolute atomic E-state index is 0.450. The molecule has 0 saturated heterocycles. The lowest BCUT2D eigenvalue weighted by atomic mass is 9.67. The van der Waals surface area contributed by atoms with Gasteiger partial charge >= 0.3 is 0 Å². The predicted molar refractivity (Wildman–Crippen MR) is 254 cm³/mol. The third kappa shape index (κ3) is 5.74. The molecule has 0 fully saturated rings. The third-order valence-electron chi connectivity index (χ3n) is 12.6. The average molecular weight is 791 g/mol. The number of rotatable bonds is 7. The molecule has 9 aromatic carbocycles. The lowest BCUT2D eigenvalue weighted by Crippen LogP contribution is -2.28. The normalized spacial score (nSPS) is 12.6. The Morgan fingerprint density at radius 2 is 0.823 bits per heavy atom. The van der Waals surface area contributed by atoms with Gasteiger partial charge in [0.15, 0.2) is 5.82 Å². The Kier molecular flexibility index (Phi) is 8.39. The van der Waals surface area contributed by atoms with Crippen molar-refractivity contribution in [3.63, 3.8) is 0 Å². The molecule has 2 heterocycles. The van der Waals surface area contributed by atoms with E-state index in [0.717, 1.165) is 72.3 Å². The maximum atomic E-state index is 6.11. The maximum Gasteiger partial charge on any atom is 0.160 e. The summed E-state index contributed by atoms with van der Waals surface area (Å²) in [4.78, 5) is 10.4. The summed E-state index contributed by atoms with van der Waals surface area (Å²) in [5, 5.41) is 2.24. The molecule has 0 unspecified atom stereocenters. The summed E-state index contributed by atoms with van der Waals surface area (Å²) in [6.45, 7) is 0. The van der Waals surface area contributed by atoms with Crippen LogP contribution in [0.3, 0.4) is 0 Å². The van der Waals surface area contributed by atoms with E-state index in [2.05, 4.69) is 200 Å². The highest BCUT2D eigenvalue weighted by molar-refractivity contribution is 6.06. The number of hydrogen-bond acceptors (Lipinski definition) is 3. The first-order valence-electron chi connectivity index (χ1n) is 21.1. The lowest BCUT2D eigenvalue weighted by Gasteiger charge is -2.34. The van der Waals surface area contributed by atoms with Crippen LogP contribution in [-0.2, 0) is 5.41 Å². The lowest BCUT2D eigenvalue weighted by molar-refractivity contribution is 0.669. The van der Waals surface area contributed by atoms with Gasteiger partial charge in [0.05, 0.1) is 16.8 Å². The number of benzene rings is 9. The smallest absolute Gasteiger partial charge is 0.160 e. The second-order valence-corrected chi connectivity index (χ2v) is 16.0. The van der Waals surface area contributed by atoms with Crippen LogP contribution in [0, 0.1) is 0 Å². The average Bonchev–Trinajstić information content (AvgIpc) is 3.88. The Hall–Kier alpha value is -8.14. The van der Waals surface area contributed by atoms with Crippen molar-refractivity contribution in [2.45, 2.75) is 5.41 Å². The van der Waals surface area contributed by atoms with Crippen LogP contribution in [0.25, 0.3) is 89.2 Å². The molecule has 0 amide bonds. The van der Waals surface area contributed by atoms with Gasteiger partial charge in [-0.25, -0.2) is 9.97 Å². The number of hydrogen-bond donors (Lipinski definition) is 0. The van der Waals surface area contributed by atoms with Crippen LogP contribution in [0.5, 0.6) is 0 Å². The molecule has 3 heteroatoms. The zero-order valence-corrected chi connectivity index (χ0v) is 33.7. The summed E-state index contributed by atoms with van der Waals surface area (Å²) in [6, 6.07) is 82.3. The van der Waals surface area contributed by atoms with Crippen LogP contribution in [0.4, 0.5) is 0 Å².